The van der Waals surface area contributed by atoms with Crippen molar-refractivity contribution in [3.05, 3.63) is 51.9 Å². The first kappa shape index (κ1) is 13.7. The summed E-state index contributed by atoms with van der Waals surface area (Å²) in [5.74, 6) is 2.75. The van der Waals surface area contributed by atoms with Gasteiger partial charge in [0.15, 0.2) is 0 Å². The van der Waals surface area contributed by atoms with Gasteiger partial charge in [-0.05, 0) is 36.6 Å². The van der Waals surface area contributed by atoms with Gasteiger partial charge in [-0.1, -0.05) is 23.2 Å². The number of hydrogen-bond donors (Lipinski definition) is 1. The number of anilines is 1. The van der Waals surface area contributed by atoms with Gasteiger partial charge in [-0.15, -0.1) is 0 Å². The molecule has 1 N–H and O–H groups in total. The Balaban J connectivity index is 1.99. The Labute approximate surface area is 121 Å². The van der Waals surface area contributed by atoms with Crippen LogP contribution in [0, 0.1) is 0 Å². The van der Waals surface area contributed by atoms with Crippen LogP contribution in [0.2, 0.25) is 10.0 Å². The van der Waals surface area contributed by atoms with Crippen LogP contribution in [0.5, 0.6) is 0 Å². The van der Waals surface area contributed by atoms with Gasteiger partial charge >= 0.3 is 0 Å². The van der Waals surface area contributed by atoms with Gasteiger partial charge in [0, 0.05) is 5.02 Å². The molecule has 2 nitrogen and oxygen atoms in total. The molecule has 2 aromatic rings. The van der Waals surface area contributed by atoms with Gasteiger partial charge in [-0.2, -0.15) is 11.8 Å². The van der Waals surface area contributed by atoms with Gasteiger partial charge in [0.1, 0.15) is 11.5 Å². The van der Waals surface area contributed by atoms with E-state index in [1.807, 2.05) is 18.4 Å². The average molecular weight is 302 g/mol. The summed E-state index contributed by atoms with van der Waals surface area (Å²) < 4.78 is 5.66. The van der Waals surface area contributed by atoms with E-state index >= 15 is 0 Å². The minimum Gasteiger partial charge on any atom is -0.463 e. The molecule has 0 spiro atoms. The van der Waals surface area contributed by atoms with Crippen LogP contribution >= 0.6 is 35.0 Å². The smallest absolute Gasteiger partial charge is 0.123 e. The van der Waals surface area contributed by atoms with E-state index in [1.165, 1.54) is 0 Å². The summed E-state index contributed by atoms with van der Waals surface area (Å²) in [6, 6.07) is 9.30. The van der Waals surface area contributed by atoms with Crippen LogP contribution < -0.4 is 5.32 Å². The van der Waals surface area contributed by atoms with Crippen molar-refractivity contribution in [2.75, 3.05) is 11.6 Å². The lowest BCUT2D eigenvalue weighted by Gasteiger charge is -2.07. The molecule has 0 unspecified atom stereocenters. The quantitative estimate of drug-likeness (QED) is 0.835. The van der Waals surface area contributed by atoms with E-state index in [0.717, 1.165) is 23.0 Å². The second kappa shape index (κ2) is 6.41. The summed E-state index contributed by atoms with van der Waals surface area (Å²) in [6.45, 7) is 0.592. The largest absolute Gasteiger partial charge is 0.463 e. The second-order valence-corrected chi connectivity index (χ2v) is 5.49. The predicted octanol–water partition coefficient (Wildman–Crippen LogP) is 5.06. The number of thioether (sulfide) groups is 1. The average Bonchev–Trinajstić information content (AvgIpc) is 2.79. The molecule has 1 aromatic carbocycles. The molecule has 96 valence electrons. The molecule has 0 aliphatic heterocycles. The van der Waals surface area contributed by atoms with Crippen molar-refractivity contribution in [2.45, 2.75) is 12.3 Å². The maximum absolute atomic E-state index is 6.06. The summed E-state index contributed by atoms with van der Waals surface area (Å²) >= 11 is 13.7. The molecule has 0 saturated heterocycles. The topological polar surface area (TPSA) is 25.2 Å². The van der Waals surface area contributed by atoms with Crippen LogP contribution in [0.4, 0.5) is 5.69 Å². The van der Waals surface area contributed by atoms with E-state index in [4.69, 9.17) is 27.6 Å². The summed E-state index contributed by atoms with van der Waals surface area (Å²) in [7, 11) is 0. The molecular weight excluding hydrogens is 289 g/mol. The summed E-state index contributed by atoms with van der Waals surface area (Å²) in [4.78, 5) is 0. The van der Waals surface area contributed by atoms with Crippen LogP contribution in [0.25, 0.3) is 0 Å². The number of furan rings is 1. The highest BCUT2D eigenvalue weighted by Gasteiger charge is 2.04. The Morgan fingerprint density at radius 3 is 2.72 bits per heavy atom. The van der Waals surface area contributed by atoms with Crippen molar-refractivity contribution in [1.29, 1.82) is 0 Å². The third-order valence-corrected chi connectivity index (χ3v) is 3.52. The third kappa shape index (κ3) is 3.61. The fraction of sp³-hybridized carbons (Fsp3) is 0.231. The Hall–Kier alpha value is -0.770. The van der Waals surface area contributed by atoms with Crippen molar-refractivity contribution in [1.82, 2.24) is 0 Å². The third-order valence-electron chi connectivity index (χ3n) is 2.39. The van der Waals surface area contributed by atoms with Crippen LogP contribution in [0.15, 0.2) is 34.7 Å². The van der Waals surface area contributed by atoms with E-state index < -0.39 is 0 Å². The van der Waals surface area contributed by atoms with E-state index in [1.54, 1.807) is 30.0 Å². The first-order chi connectivity index (χ1) is 8.69. The normalized spacial score (nSPS) is 10.6. The molecule has 0 aliphatic rings. The van der Waals surface area contributed by atoms with E-state index in [-0.39, 0.29) is 0 Å². The Morgan fingerprint density at radius 1 is 1.17 bits per heavy atom. The van der Waals surface area contributed by atoms with E-state index in [9.17, 15) is 0 Å². The van der Waals surface area contributed by atoms with Crippen LogP contribution in [-0.4, -0.2) is 6.26 Å². The SMILES string of the molecule is CSCc1ccc(CNc2cc(Cl)ccc2Cl)o1. The maximum atomic E-state index is 6.06. The zero-order valence-corrected chi connectivity index (χ0v) is 12.2. The van der Waals surface area contributed by atoms with Crippen molar-refractivity contribution in [2.24, 2.45) is 0 Å². The van der Waals surface area contributed by atoms with Crippen molar-refractivity contribution in [3.63, 3.8) is 0 Å². The zero-order valence-electron chi connectivity index (χ0n) is 9.87. The van der Waals surface area contributed by atoms with Gasteiger partial charge < -0.3 is 9.73 Å². The van der Waals surface area contributed by atoms with Crippen molar-refractivity contribution in [3.8, 4) is 0 Å². The molecule has 0 bridgehead atoms. The molecule has 18 heavy (non-hydrogen) atoms. The molecule has 0 saturated carbocycles. The highest BCUT2D eigenvalue weighted by Crippen LogP contribution is 2.26. The van der Waals surface area contributed by atoms with E-state index in [2.05, 4.69) is 5.32 Å². The molecule has 1 aromatic heterocycles. The molecule has 0 atom stereocenters. The summed E-state index contributed by atoms with van der Waals surface area (Å²) in [5, 5.41) is 4.51. The van der Waals surface area contributed by atoms with Gasteiger partial charge in [0.25, 0.3) is 0 Å². The predicted molar refractivity (Wildman–Crippen MR) is 79.7 cm³/mol. The number of nitrogens with one attached hydrogen (secondary N) is 1. The first-order valence-corrected chi connectivity index (χ1v) is 7.59. The van der Waals surface area contributed by atoms with Crippen LogP contribution in [-0.2, 0) is 12.3 Å². The molecule has 2 rings (SSSR count). The monoisotopic (exact) mass is 301 g/mol. The van der Waals surface area contributed by atoms with Crippen LogP contribution in [0.1, 0.15) is 11.5 Å². The lowest BCUT2D eigenvalue weighted by molar-refractivity contribution is 0.487. The molecule has 0 fully saturated rings. The van der Waals surface area contributed by atoms with Crippen molar-refractivity contribution >= 4 is 40.7 Å². The summed E-state index contributed by atoms with van der Waals surface area (Å²) in [5.41, 5.74) is 0.812. The molecular formula is C13H13Cl2NOS. The zero-order chi connectivity index (χ0) is 13.0. The molecule has 0 aliphatic carbocycles. The standard InChI is InChI=1S/C13H13Cl2NOS/c1-18-8-11-4-3-10(17-11)7-16-13-6-9(14)2-5-12(13)15/h2-6,16H,7-8H2,1H3. The molecule has 5 heteroatoms. The number of hydrogen-bond acceptors (Lipinski definition) is 3. The number of benzene rings is 1. The fourth-order valence-electron chi connectivity index (χ4n) is 1.55. The van der Waals surface area contributed by atoms with Gasteiger partial charge in [-0.3, -0.25) is 0 Å². The first-order valence-electron chi connectivity index (χ1n) is 5.44. The lowest BCUT2D eigenvalue weighted by atomic mass is 10.3. The molecule has 1 heterocycles. The minimum absolute atomic E-state index is 0.592. The minimum atomic E-state index is 0.592. The maximum Gasteiger partial charge on any atom is 0.123 e. The Kier molecular flexibility index (Phi) is 4.87. The van der Waals surface area contributed by atoms with Gasteiger partial charge in [-0.25, -0.2) is 0 Å². The Morgan fingerprint density at radius 2 is 1.94 bits per heavy atom. The second-order valence-electron chi connectivity index (χ2n) is 3.78. The van der Waals surface area contributed by atoms with Gasteiger partial charge in [0.2, 0.25) is 0 Å². The number of rotatable bonds is 5. The highest BCUT2D eigenvalue weighted by molar-refractivity contribution is 7.97. The molecule has 0 amide bonds. The highest BCUT2D eigenvalue weighted by atomic mass is 35.5. The number of halogens is 2. The lowest BCUT2D eigenvalue weighted by Crippen LogP contribution is -1.98. The Bertz CT molecular complexity index is 527. The van der Waals surface area contributed by atoms with Crippen molar-refractivity contribution < 1.29 is 4.42 Å². The summed E-state index contributed by atoms with van der Waals surface area (Å²) in [6.07, 6.45) is 2.05. The fourth-order valence-corrected chi connectivity index (χ4v) is 2.35. The van der Waals surface area contributed by atoms with E-state index in [0.29, 0.717) is 16.6 Å². The molecule has 0 radical (unpaired) electrons. The van der Waals surface area contributed by atoms with Gasteiger partial charge in [0.05, 0.1) is 23.0 Å². The van der Waals surface area contributed by atoms with Crippen LogP contribution in [0.3, 0.4) is 0 Å².